The van der Waals surface area contributed by atoms with Crippen molar-refractivity contribution in [1.29, 1.82) is 0 Å². The van der Waals surface area contributed by atoms with Gasteiger partial charge in [-0.3, -0.25) is 4.79 Å². The van der Waals surface area contributed by atoms with Crippen LogP contribution in [0.3, 0.4) is 0 Å². The number of hydrogen-bond acceptors (Lipinski definition) is 3. The number of anilines is 1. The third-order valence-corrected chi connectivity index (χ3v) is 4.55. The highest BCUT2D eigenvalue weighted by molar-refractivity contribution is 6.36. The lowest BCUT2D eigenvalue weighted by atomic mass is 9.92. The van der Waals surface area contributed by atoms with Crippen molar-refractivity contribution < 1.29 is 4.79 Å². The van der Waals surface area contributed by atoms with Crippen molar-refractivity contribution in [3.8, 4) is 0 Å². The summed E-state index contributed by atoms with van der Waals surface area (Å²) in [6.45, 7) is 7.54. The Kier molecular flexibility index (Phi) is 5.23. The molecule has 0 bridgehead atoms. The number of aromatic nitrogens is 1. The van der Waals surface area contributed by atoms with Crippen LogP contribution in [0.4, 0.5) is 5.82 Å². The molecule has 6 heteroatoms. The summed E-state index contributed by atoms with van der Waals surface area (Å²) in [6, 6.07) is 1.99. The highest BCUT2D eigenvalue weighted by atomic mass is 35.5. The first-order chi connectivity index (χ1) is 10.2. The molecule has 2 rings (SSSR count). The highest BCUT2D eigenvalue weighted by Crippen LogP contribution is 2.29. The molecule has 0 spiro atoms. The van der Waals surface area contributed by atoms with Gasteiger partial charge in [-0.1, -0.05) is 44.0 Å². The van der Waals surface area contributed by atoms with Crippen molar-refractivity contribution in [3.63, 3.8) is 0 Å². The second-order valence-corrected chi connectivity index (χ2v) is 7.69. The molecule has 0 radical (unpaired) electrons. The summed E-state index contributed by atoms with van der Waals surface area (Å²) in [6.07, 6.45) is 3.45. The maximum absolute atomic E-state index is 12.4. The van der Waals surface area contributed by atoms with E-state index < -0.39 is 0 Å². The molecule has 0 N–H and O–H groups in total. The molecule has 1 aliphatic heterocycles. The second kappa shape index (κ2) is 6.63. The smallest absolute Gasteiger partial charge is 0.227 e. The summed E-state index contributed by atoms with van der Waals surface area (Å²) < 4.78 is 0. The minimum absolute atomic E-state index is 0.189. The maximum Gasteiger partial charge on any atom is 0.227 e. The van der Waals surface area contributed by atoms with Crippen molar-refractivity contribution in [2.24, 2.45) is 5.41 Å². The highest BCUT2D eigenvalue weighted by Gasteiger charge is 2.31. The topological polar surface area (TPSA) is 36.4 Å². The second-order valence-electron chi connectivity index (χ2n) is 6.84. The van der Waals surface area contributed by atoms with E-state index in [2.05, 4.69) is 9.88 Å². The monoisotopic (exact) mass is 343 g/mol. The Labute approximate surface area is 142 Å². The lowest BCUT2D eigenvalue weighted by molar-refractivity contribution is -0.140. The van der Waals surface area contributed by atoms with Crippen molar-refractivity contribution in [3.05, 3.63) is 22.3 Å². The number of nitrogens with zero attached hydrogens (tertiary/aromatic N) is 3. The summed E-state index contributed by atoms with van der Waals surface area (Å²) in [5.74, 6) is 0.961. The lowest BCUT2D eigenvalue weighted by Gasteiger charge is -2.39. The zero-order valence-electron chi connectivity index (χ0n) is 13.6. The zero-order chi connectivity index (χ0) is 16.5. The third kappa shape index (κ3) is 3.85. The molecule has 1 fully saturated rings. The fraction of sp³-hybridized carbons (Fsp3) is 0.625. The molecule has 1 aromatic rings. The van der Waals surface area contributed by atoms with E-state index in [4.69, 9.17) is 23.2 Å². The van der Waals surface area contributed by atoms with Crippen LogP contribution in [-0.4, -0.2) is 42.0 Å². The Bertz CT molecular complexity index is 549. The molecule has 0 unspecified atom stereocenters. The van der Waals surface area contributed by atoms with Gasteiger partial charge >= 0.3 is 0 Å². The molecule has 122 valence electrons. The number of halogens is 2. The van der Waals surface area contributed by atoms with Crippen LogP contribution < -0.4 is 4.90 Å². The van der Waals surface area contributed by atoms with Gasteiger partial charge in [0.2, 0.25) is 5.91 Å². The van der Waals surface area contributed by atoms with E-state index in [1.54, 1.807) is 12.3 Å². The lowest BCUT2D eigenvalue weighted by Crippen LogP contribution is -2.48. The van der Waals surface area contributed by atoms with Crippen LogP contribution >= 0.6 is 23.2 Å². The minimum Gasteiger partial charge on any atom is -0.355 e. The molecule has 0 saturated carbocycles. The van der Waals surface area contributed by atoms with Crippen LogP contribution in [0, 0.1) is 5.41 Å². The standard InChI is InChI=1S/C16H23Cl2N3O/c1-16(2,3)15(22)20(4)12-5-7-21(8-6-12)14-13(18)9-11(17)10-19-14/h9-10,12H,5-8H2,1-4H3. The Morgan fingerprint density at radius 3 is 2.41 bits per heavy atom. The van der Waals surface area contributed by atoms with Crippen LogP contribution in [-0.2, 0) is 4.79 Å². The van der Waals surface area contributed by atoms with Gasteiger partial charge in [-0.15, -0.1) is 0 Å². The normalized spacial score (nSPS) is 16.7. The third-order valence-electron chi connectivity index (χ3n) is 4.06. The van der Waals surface area contributed by atoms with Crippen LogP contribution in [0.25, 0.3) is 0 Å². The molecular weight excluding hydrogens is 321 g/mol. The van der Waals surface area contributed by atoms with Gasteiger partial charge in [-0.2, -0.15) is 0 Å². The number of hydrogen-bond donors (Lipinski definition) is 0. The van der Waals surface area contributed by atoms with E-state index in [9.17, 15) is 4.79 Å². The van der Waals surface area contributed by atoms with Gasteiger partial charge in [0.1, 0.15) is 5.82 Å². The van der Waals surface area contributed by atoms with Gasteiger partial charge in [0.05, 0.1) is 10.0 Å². The molecule has 22 heavy (non-hydrogen) atoms. The van der Waals surface area contributed by atoms with Crippen LogP contribution in [0.2, 0.25) is 10.0 Å². The van der Waals surface area contributed by atoms with E-state index >= 15 is 0 Å². The summed E-state index contributed by atoms with van der Waals surface area (Å²) in [7, 11) is 1.90. The Morgan fingerprint density at radius 1 is 1.32 bits per heavy atom. The van der Waals surface area contributed by atoms with E-state index in [0.717, 1.165) is 31.7 Å². The largest absolute Gasteiger partial charge is 0.355 e. The summed E-state index contributed by atoms with van der Waals surface area (Å²) in [5.41, 5.74) is -0.340. The molecule has 2 heterocycles. The summed E-state index contributed by atoms with van der Waals surface area (Å²) in [5, 5.41) is 1.12. The van der Waals surface area contributed by atoms with E-state index in [1.807, 2.05) is 32.7 Å². The molecule has 1 amide bonds. The van der Waals surface area contributed by atoms with E-state index in [1.165, 1.54) is 0 Å². The quantitative estimate of drug-likeness (QED) is 0.817. The molecular formula is C16H23Cl2N3O. The number of carbonyl (C=O) groups is 1. The van der Waals surface area contributed by atoms with Gasteiger partial charge in [0.25, 0.3) is 0 Å². The summed E-state index contributed by atoms with van der Waals surface area (Å²) >= 11 is 12.1. The molecule has 1 aromatic heterocycles. The molecule has 0 aliphatic carbocycles. The first kappa shape index (κ1) is 17.4. The van der Waals surface area contributed by atoms with Gasteiger partial charge < -0.3 is 9.80 Å². The van der Waals surface area contributed by atoms with Gasteiger partial charge in [-0.25, -0.2) is 4.98 Å². The fourth-order valence-corrected chi connectivity index (χ4v) is 3.30. The van der Waals surface area contributed by atoms with Crippen LogP contribution in [0.1, 0.15) is 33.6 Å². The number of pyridine rings is 1. The van der Waals surface area contributed by atoms with E-state index in [-0.39, 0.29) is 17.4 Å². The molecule has 1 saturated heterocycles. The first-order valence-electron chi connectivity index (χ1n) is 7.53. The number of amides is 1. The van der Waals surface area contributed by atoms with E-state index in [0.29, 0.717) is 10.0 Å². The number of carbonyl (C=O) groups excluding carboxylic acids is 1. The number of piperidine rings is 1. The average molecular weight is 344 g/mol. The Balaban J connectivity index is 2.00. The Morgan fingerprint density at radius 2 is 1.91 bits per heavy atom. The van der Waals surface area contributed by atoms with Crippen molar-refractivity contribution in [2.75, 3.05) is 25.0 Å². The SMILES string of the molecule is CN(C(=O)C(C)(C)C)C1CCN(c2ncc(Cl)cc2Cl)CC1. The Hall–Kier alpha value is -1.000. The molecule has 4 nitrogen and oxygen atoms in total. The van der Waals surface area contributed by atoms with Gasteiger partial charge in [0.15, 0.2) is 0 Å². The van der Waals surface area contributed by atoms with Crippen molar-refractivity contribution in [2.45, 2.75) is 39.7 Å². The first-order valence-corrected chi connectivity index (χ1v) is 8.29. The predicted molar refractivity (Wildman–Crippen MR) is 91.7 cm³/mol. The average Bonchev–Trinajstić information content (AvgIpc) is 2.45. The predicted octanol–water partition coefficient (Wildman–Crippen LogP) is 3.86. The van der Waals surface area contributed by atoms with Gasteiger partial charge in [-0.05, 0) is 18.9 Å². The number of rotatable bonds is 2. The zero-order valence-corrected chi connectivity index (χ0v) is 15.1. The van der Waals surface area contributed by atoms with Gasteiger partial charge in [0, 0.05) is 37.8 Å². The molecule has 1 aliphatic rings. The summed E-state index contributed by atoms with van der Waals surface area (Å²) in [4.78, 5) is 20.8. The van der Waals surface area contributed by atoms with Crippen LogP contribution in [0.15, 0.2) is 12.3 Å². The fourth-order valence-electron chi connectivity index (χ4n) is 2.80. The molecule has 0 atom stereocenters. The minimum atomic E-state index is -0.340. The molecule has 0 aromatic carbocycles. The van der Waals surface area contributed by atoms with Crippen molar-refractivity contribution >= 4 is 34.9 Å². The van der Waals surface area contributed by atoms with Crippen LogP contribution in [0.5, 0.6) is 0 Å². The maximum atomic E-state index is 12.4. The van der Waals surface area contributed by atoms with Crippen molar-refractivity contribution in [1.82, 2.24) is 9.88 Å².